The lowest BCUT2D eigenvalue weighted by molar-refractivity contribution is 0.320. The van der Waals surface area contributed by atoms with Crippen LogP contribution in [0.15, 0.2) is 23.6 Å². The van der Waals surface area contributed by atoms with Crippen molar-refractivity contribution in [1.29, 1.82) is 0 Å². The molecular formula is C15H18N2OS. The van der Waals surface area contributed by atoms with Gasteiger partial charge >= 0.3 is 0 Å². The lowest BCUT2D eigenvalue weighted by Crippen LogP contribution is -2.05. The van der Waals surface area contributed by atoms with Crippen molar-refractivity contribution in [1.82, 2.24) is 4.98 Å². The van der Waals surface area contributed by atoms with E-state index < -0.39 is 0 Å². The van der Waals surface area contributed by atoms with Gasteiger partial charge in [-0.2, -0.15) is 0 Å². The van der Waals surface area contributed by atoms with Crippen LogP contribution in [0.25, 0.3) is 0 Å². The lowest BCUT2D eigenvalue weighted by atomic mass is 9.92. The summed E-state index contributed by atoms with van der Waals surface area (Å²) in [7, 11) is 0. The van der Waals surface area contributed by atoms with E-state index in [9.17, 15) is 0 Å². The molecule has 1 aromatic heterocycles. The van der Waals surface area contributed by atoms with E-state index in [0.717, 1.165) is 17.9 Å². The minimum Gasteiger partial charge on any atom is -0.493 e. The van der Waals surface area contributed by atoms with Crippen LogP contribution >= 0.6 is 11.3 Å². The summed E-state index contributed by atoms with van der Waals surface area (Å²) in [5.41, 5.74) is 9.57. The molecule has 3 nitrogen and oxygen atoms in total. The summed E-state index contributed by atoms with van der Waals surface area (Å²) in [6.45, 7) is 0.655. The molecule has 0 saturated carbocycles. The Balaban J connectivity index is 1.58. The van der Waals surface area contributed by atoms with E-state index in [4.69, 9.17) is 10.5 Å². The molecule has 100 valence electrons. The summed E-state index contributed by atoms with van der Waals surface area (Å²) in [5, 5.41) is 2.62. The van der Waals surface area contributed by atoms with Gasteiger partial charge in [-0.15, -0.1) is 11.3 Å². The maximum Gasteiger partial charge on any atom is 0.180 e. The number of hydrogen-bond donors (Lipinski definition) is 1. The average molecular weight is 274 g/mol. The highest BCUT2D eigenvalue weighted by molar-refractivity contribution is 7.13. The molecule has 0 bridgehead atoms. The molecule has 1 aromatic carbocycles. The Labute approximate surface area is 117 Å². The maximum absolute atomic E-state index is 5.81. The first-order valence-corrected chi connectivity index (χ1v) is 7.64. The number of thiazole rings is 1. The van der Waals surface area contributed by atoms with Gasteiger partial charge in [0.2, 0.25) is 0 Å². The van der Waals surface area contributed by atoms with Crippen molar-refractivity contribution >= 4 is 16.5 Å². The van der Waals surface area contributed by atoms with Gasteiger partial charge in [0.15, 0.2) is 5.13 Å². The SMILES string of the molecule is Nc1nc(CCOc2ccc3c(c2)CCCC3)cs1. The van der Waals surface area contributed by atoms with Crippen LogP contribution in [0.1, 0.15) is 29.7 Å². The third kappa shape index (κ3) is 3.07. The fourth-order valence-corrected chi connectivity index (χ4v) is 3.11. The molecule has 0 spiro atoms. The molecule has 19 heavy (non-hydrogen) atoms. The molecule has 0 unspecified atom stereocenters. The monoisotopic (exact) mass is 274 g/mol. The molecule has 4 heteroatoms. The van der Waals surface area contributed by atoms with Crippen molar-refractivity contribution in [2.75, 3.05) is 12.3 Å². The molecule has 0 atom stereocenters. The summed E-state index contributed by atoms with van der Waals surface area (Å²) in [6, 6.07) is 6.49. The smallest absolute Gasteiger partial charge is 0.180 e. The van der Waals surface area contributed by atoms with Gasteiger partial charge in [-0.1, -0.05) is 6.07 Å². The Bertz CT molecular complexity index is 565. The van der Waals surface area contributed by atoms with Crippen molar-refractivity contribution in [3.8, 4) is 5.75 Å². The van der Waals surface area contributed by atoms with E-state index in [1.807, 2.05) is 5.38 Å². The number of aromatic nitrogens is 1. The van der Waals surface area contributed by atoms with Crippen LogP contribution in [-0.2, 0) is 19.3 Å². The minimum absolute atomic E-state index is 0.629. The molecule has 2 aromatic rings. The van der Waals surface area contributed by atoms with Crippen molar-refractivity contribution < 1.29 is 4.74 Å². The van der Waals surface area contributed by atoms with Crippen LogP contribution < -0.4 is 10.5 Å². The quantitative estimate of drug-likeness (QED) is 0.931. The van der Waals surface area contributed by atoms with Crippen molar-refractivity contribution in [2.45, 2.75) is 32.1 Å². The van der Waals surface area contributed by atoms with Crippen LogP contribution in [0.2, 0.25) is 0 Å². The van der Waals surface area contributed by atoms with Gasteiger partial charge in [-0.3, -0.25) is 0 Å². The average Bonchev–Trinajstić information content (AvgIpc) is 2.84. The van der Waals surface area contributed by atoms with Gasteiger partial charge in [0.1, 0.15) is 5.75 Å². The third-order valence-corrected chi connectivity index (χ3v) is 4.24. The second-order valence-corrected chi connectivity index (χ2v) is 5.80. The third-order valence-electron chi connectivity index (χ3n) is 3.52. The first-order valence-electron chi connectivity index (χ1n) is 6.76. The maximum atomic E-state index is 5.81. The topological polar surface area (TPSA) is 48.1 Å². The van der Waals surface area contributed by atoms with Crippen LogP contribution in [0.4, 0.5) is 5.13 Å². The van der Waals surface area contributed by atoms with E-state index >= 15 is 0 Å². The number of anilines is 1. The first kappa shape index (κ1) is 12.5. The molecule has 1 aliphatic rings. The van der Waals surface area contributed by atoms with E-state index in [0.29, 0.717) is 11.7 Å². The molecule has 2 N–H and O–H groups in total. The minimum atomic E-state index is 0.629. The molecule has 3 rings (SSSR count). The van der Waals surface area contributed by atoms with Crippen LogP contribution in [0.5, 0.6) is 5.75 Å². The highest BCUT2D eigenvalue weighted by Gasteiger charge is 2.09. The van der Waals surface area contributed by atoms with Gasteiger partial charge in [-0.25, -0.2) is 4.98 Å². The summed E-state index contributed by atoms with van der Waals surface area (Å²) in [6.07, 6.45) is 5.83. The number of ether oxygens (including phenoxy) is 1. The molecule has 0 saturated heterocycles. The standard InChI is InChI=1S/C15H18N2OS/c16-15-17-13(10-19-15)7-8-18-14-6-5-11-3-1-2-4-12(11)9-14/h5-6,9-10H,1-4,7-8H2,(H2,16,17). The van der Waals surface area contributed by atoms with Gasteiger partial charge in [0.25, 0.3) is 0 Å². The summed E-state index contributed by atoms with van der Waals surface area (Å²) in [4.78, 5) is 4.23. The van der Waals surface area contributed by atoms with Crippen LogP contribution in [0.3, 0.4) is 0 Å². The molecule has 0 fully saturated rings. The van der Waals surface area contributed by atoms with Crippen molar-refractivity contribution in [3.05, 3.63) is 40.4 Å². The highest BCUT2D eigenvalue weighted by Crippen LogP contribution is 2.25. The Kier molecular flexibility index (Phi) is 3.69. The van der Waals surface area contributed by atoms with Crippen molar-refractivity contribution in [2.24, 2.45) is 0 Å². The van der Waals surface area contributed by atoms with Gasteiger partial charge in [-0.05, 0) is 48.9 Å². The second kappa shape index (κ2) is 5.61. The number of fused-ring (bicyclic) bond motifs is 1. The van der Waals surface area contributed by atoms with E-state index in [2.05, 4.69) is 23.2 Å². The zero-order valence-corrected chi connectivity index (χ0v) is 11.7. The zero-order valence-electron chi connectivity index (χ0n) is 10.9. The zero-order chi connectivity index (χ0) is 13.1. The Hall–Kier alpha value is -1.55. The van der Waals surface area contributed by atoms with E-state index in [1.165, 1.54) is 48.1 Å². The Morgan fingerprint density at radius 1 is 1.21 bits per heavy atom. The van der Waals surface area contributed by atoms with E-state index in [1.54, 1.807) is 0 Å². The van der Waals surface area contributed by atoms with Gasteiger partial charge in [0, 0.05) is 11.8 Å². The molecule has 1 aliphatic carbocycles. The summed E-state index contributed by atoms with van der Waals surface area (Å²) < 4.78 is 5.81. The number of hydrogen-bond acceptors (Lipinski definition) is 4. The number of nitrogen functional groups attached to an aromatic ring is 1. The number of nitrogens with zero attached hydrogens (tertiary/aromatic N) is 1. The highest BCUT2D eigenvalue weighted by atomic mass is 32.1. The summed E-state index contributed by atoms with van der Waals surface area (Å²) >= 11 is 1.48. The number of aryl methyl sites for hydroxylation is 2. The number of rotatable bonds is 4. The molecule has 0 aliphatic heterocycles. The van der Waals surface area contributed by atoms with Gasteiger partial charge < -0.3 is 10.5 Å². The fraction of sp³-hybridized carbons (Fsp3) is 0.400. The molecular weight excluding hydrogens is 256 g/mol. The van der Waals surface area contributed by atoms with Crippen LogP contribution in [-0.4, -0.2) is 11.6 Å². The van der Waals surface area contributed by atoms with E-state index in [-0.39, 0.29) is 0 Å². The molecule has 1 heterocycles. The predicted octanol–water partition coefficient (Wildman–Crippen LogP) is 3.23. The fourth-order valence-electron chi connectivity index (χ4n) is 2.51. The first-order chi connectivity index (χ1) is 9.31. The Morgan fingerprint density at radius 3 is 2.84 bits per heavy atom. The summed E-state index contributed by atoms with van der Waals surface area (Å²) in [5.74, 6) is 0.976. The van der Waals surface area contributed by atoms with Crippen LogP contribution in [0, 0.1) is 0 Å². The van der Waals surface area contributed by atoms with Gasteiger partial charge in [0.05, 0.1) is 12.3 Å². The predicted molar refractivity (Wildman–Crippen MR) is 78.8 cm³/mol. The van der Waals surface area contributed by atoms with Crippen molar-refractivity contribution in [3.63, 3.8) is 0 Å². The molecule has 0 amide bonds. The number of benzene rings is 1. The normalized spacial score (nSPS) is 14.1. The largest absolute Gasteiger partial charge is 0.493 e. The lowest BCUT2D eigenvalue weighted by Gasteiger charge is -2.16. The molecule has 0 radical (unpaired) electrons. The second-order valence-electron chi connectivity index (χ2n) is 4.91. The number of nitrogens with two attached hydrogens (primary N) is 1. The Morgan fingerprint density at radius 2 is 2.05 bits per heavy atom.